The van der Waals surface area contributed by atoms with Gasteiger partial charge in [-0.05, 0) is 53.2 Å². The number of fused-ring (bicyclic) bond motifs is 1. The van der Waals surface area contributed by atoms with Crippen molar-refractivity contribution in [1.29, 1.82) is 0 Å². The first-order chi connectivity index (χ1) is 9.89. The van der Waals surface area contributed by atoms with Gasteiger partial charge in [0.1, 0.15) is 0 Å². The van der Waals surface area contributed by atoms with Crippen molar-refractivity contribution in [1.82, 2.24) is 3.97 Å². The van der Waals surface area contributed by atoms with Crippen LogP contribution in [0.4, 0.5) is 0 Å². The third-order valence-electron chi connectivity index (χ3n) is 3.27. The molecule has 0 aliphatic rings. The van der Waals surface area contributed by atoms with Gasteiger partial charge in [0.25, 0.3) is 10.0 Å². The molecule has 6 heteroatoms. The number of hydrogen-bond donors (Lipinski definition) is 0. The predicted octanol–water partition coefficient (Wildman–Crippen LogP) is 4.60. The smallest absolute Gasteiger partial charge is 0.241 e. The Morgan fingerprint density at radius 2 is 1.76 bits per heavy atom. The molecular formula is C15H11BrClNO2S. The first-order valence-electron chi connectivity index (χ1n) is 6.18. The Bertz CT molecular complexity index is 930. The maximum absolute atomic E-state index is 12.7. The number of rotatable bonds is 2. The number of aromatic nitrogens is 1. The Morgan fingerprint density at radius 1 is 1.10 bits per heavy atom. The lowest BCUT2D eigenvalue weighted by Crippen LogP contribution is -2.11. The number of hydrogen-bond acceptors (Lipinski definition) is 2. The minimum Gasteiger partial charge on any atom is -0.241 e. The molecular weight excluding hydrogens is 374 g/mol. The van der Waals surface area contributed by atoms with E-state index in [4.69, 9.17) is 11.6 Å². The van der Waals surface area contributed by atoms with Gasteiger partial charge in [0, 0.05) is 16.1 Å². The van der Waals surface area contributed by atoms with Crippen LogP contribution in [0.3, 0.4) is 0 Å². The average molecular weight is 385 g/mol. The molecule has 0 bridgehead atoms. The first kappa shape index (κ1) is 14.6. The molecule has 2 aromatic carbocycles. The molecule has 0 aliphatic heterocycles. The summed E-state index contributed by atoms with van der Waals surface area (Å²) in [4.78, 5) is 0.254. The van der Waals surface area contributed by atoms with Crippen LogP contribution in [0.2, 0.25) is 5.02 Å². The SMILES string of the molecule is Cc1ccc(S(=O)(=O)n2ccc3cc(Br)c(Cl)cc32)cc1. The molecule has 0 radical (unpaired) electrons. The number of halogens is 2. The summed E-state index contributed by atoms with van der Waals surface area (Å²) < 4.78 is 27.4. The van der Waals surface area contributed by atoms with Crippen LogP contribution in [-0.2, 0) is 10.0 Å². The van der Waals surface area contributed by atoms with Crippen molar-refractivity contribution in [2.45, 2.75) is 11.8 Å². The third kappa shape index (κ3) is 2.50. The fourth-order valence-electron chi connectivity index (χ4n) is 2.14. The number of aryl methyl sites for hydroxylation is 1. The monoisotopic (exact) mass is 383 g/mol. The minimum atomic E-state index is -3.63. The second-order valence-electron chi connectivity index (χ2n) is 4.75. The van der Waals surface area contributed by atoms with Crippen molar-refractivity contribution in [3.8, 4) is 0 Å². The summed E-state index contributed by atoms with van der Waals surface area (Å²) in [5.41, 5.74) is 1.57. The van der Waals surface area contributed by atoms with Gasteiger partial charge in [-0.3, -0.25) is 0 Å². The highest BCUT2D eigenvalue weighted by atomic mass is 79.9. The highest BCUT2D eigenvalue weighted by Gasteiger charge is 2.19. The zero-order chi connectivity index (χ0) is 15.2. The molecule has 21 heavy (non-hydrogen) atoms. The lowest BCUT2D eigenvalue weighted by atomic mass is 10.2. The molecule has 3 rings (SSSR count). The van der Waals surface area contributed by atoms with Gasteiger partial charge in [-0.1, -0.05) is 29.3 Å². The summed E-state index contributed by atoms with van der Waals surface area (Å²) in [7, 11) is -3.63. The Morgan fingerprint density at radius 3 is 2.43 bits per heavy atom. The lowest BCUT2D eigenvalue weighted by Gasteiger charge is -2.08. The highest BCUT2D eigenvalue weighted by Crippen LogP contribution is 2.30. The van der Waals surface area contributed by atoms with Gasteiger partial charge in [-0.2, -0.15) is 0 Å². The predicted molar refractivity (Wildman–Crippen MR) is 88.4 cm³/mol. The molecule has 0 N–H and O–H groups in total. The Labute approximate surface area is 136 Å². The van der Waals surface area contributed by atoms with E-state index in [0.717, 1.165) is 15.4 Å². The highest BCUT2D eigenvalue weighted by molar-refractivity contribution is 9.10. The van der Waals surface area contributed by atoms with Gasteiger partial charge in [0.2, 0.25) is 0 Å². The summed E-state index contributed by atoms with van der Waals surface area (Å²) in [5.74, 6) is 0. The van der Waals surface area contributed by atoms with Gasteiger partial charge in [-0.25, -0.2) is 12.4 Å². The van der Waals surface area contributed by atoms with Gasteiger partial charge >= 0.3 is 0 Å². The fourth-order valence-corrected chi connectivity index (χ4v) is 4.00. The van der Waals surface area contributed by atoms with Crippen LogP contribution in [0.15, 0.2) is 58.0 Å². The van der Waals surface area contributed by atoms with Crippen LogP contribution in [0.25, 0.3) is 10.9 Å². The van der Waals surface area contributed by atoms with Crippen molar-refractivity contribution in [3.63, 3.8) is 0 Å². The maximum atomic E-state index is 12.7. The topological polar surface area (TPSA) is 39.1 Å². The molecule has 108 valence electrons. The molecule has 0 unspecified atom stereocenters. The molecule has 0 atom stereocenters. The normalized spacial score (nSPS) is 12.0. The van der Waals surface area contributed by atoms with Crippen LogP contribution >= 0.6 is 27.5 Å². The van der Waals surface area contributed by atoms with E-state index in [-0.39, 0.29) is 4.90 Å². The molecule has 3 aromatic rings. The average Bonchev–Trinajstić information content (AvgIpc) is 2.83. The van der Waals surface area contributed by atoms with Crippen LogP contribution in [-0.4, -0.2) is 12.4 Å². The van der Waals surface area contributed by atoms with Crippen molar-refractivity contribution >= 4 is 48.5 Å². The molecule has 0 saturated carbocycles. The van der Waals surface area contributed by atoms with Gasteiger partial charge in [0.05, 0.1) is 15.4 Å². The zero-order valence-electron chi connectivity index (χ0n) is 11.0. The standard InChI is InChI=1S/C15H11BrClNO2S/c1-10-2-4-12(5-3-10)21(19,20)18-7-6-11-8-13(16)14(17)9-15(11)18/h2-9H,1H3. The van der Waals surface area contributed by atoms with Crippen molar-refractivity contribution in [3.05, 3.63) is 63.7 Å². The zero-order valence-corrected chi connectivity index (χ0v) is 14.2. The van der Waals surface area contributed by atoms with E-state index in [0.29, 0.717) is 10.5 Å². The minimum absolute atomic E-state index is 0.254. The van der Waals surface area contributed by atoms with E-state index in [9.17, 15) is 8.42 Å². The second kappa shape index (κ2) is 5.16. The van der Waals surface area contributed by atoms with Crippen LogP contribution in [0.1, 0.15) is 5.56 Å². The molecule has 0 aliphatic carbocycles. The summed E-state index contributed by atoms with van der Waals surface area (Å²) in [6, 6.07) is 12.0. The second-order valence-corrected chi connectivity index (χ2v) is 7.83. The Balaban J connectivity index is 2.24. The van der Waals surface area contributed by atoms with E-state index in [1.807, 2.05) is 6.92 Å². The van der Waals surface area contributed by atoms with E-state index in [2.05, 4.69) is 15.9 Å². The van der Waals surface area contributed by atoms with Gasteiger partial charge in [0.15, 0.2) is 0 Å². The van der Waals surface area contributed by atoms with Crippen LogP contribution in [0.5, 0.6) is 0 Å². The third-order valence-corrected chi connectivity index (χ3v) is 6.18. The summed E-state index contributed by atoms with van der Waals surface area (Å²) in [6.07, 6.45) is 1.54. The van der Waals surface area contributed by atoms with Crippen molar-refractivity contribution < 1.29 is 8.42 Å². The van der Waals surface area contributed by atoms with E-state index < -0.39 is 10.0 Å². The van der Waals surface area contributed by atoms with Crippen molar-refractivity contribution in [2.75, 3.05) is 0 Å². The summed E-state index contributed by atoms with van der Waals surface area (Å²) in [5, 5.41) is 1.28. The van der Waals surface area contributed by atoms with Crippen LogP contribution in [0, 0.1) is 6.92 Å². The van der Waals surface area contributed by atoms with E-state index in [1.54, 1.807) is 48.7 Å². The first-order valence-corrected chi connectivity index (χ1v) is 8.79. The molecule has 0 fully saturated rings. The summed E-state index contributed by atoms with van der Waals surface area (Å²) in [6.45, 7) is 1.92. The maximum Gasteiger partial charge on any atom is 0.268 e. The molecule has 0 saturated heterocycles. The van der Waals surface area contributed by atoms with Crippen LogP contribution < -0.4 is 0 Å². The molecule has 1 aromatic heterocycles. The lowest BCUT2D eigenvalue weighted by molar-refractivity contribution is 0.589. The molecule has 1 heterocycles. The van der Waals surface area contributed by atoms with Gasteiger partial charge in [-0.15, -0.1) is 0 Å². The van der Waals surface area contributed by atoms with E-state index in [1.165, 1.54) is 3.97 Å². The van der Waals surface area contributed by atoms with Crippen molar-refractivity contribution in [2.24, 2.45) is 0 Å². The fraction of sp³-hybridized carbons (Fsp3) is 0.0667. The Kier molecular flexibility index (Phi) is 3.59. The number of benzene rings is 2. The van der Waals surface area contributed by atoms with Gasteiger partial charge < -0.3 is 0 Å². The summed E-state index contributed by atoms with van der Waals surface area (Å²) >= 11 is 9.42. The quantitative estimate of drug-likeness (QED) is 0.647. The molecule has 0 amide bonds. The largest absolute Gasteiger partial charge is 0.268 e. The Hall–Kier alpha value is -1.30. The molecule has 0 spiro atoms. The van der Waals surface area contributed by atoms with E-state index >= 15 is 0 Å². The molecule has 3 nitrogen and oxygen atoms in total. The number of nitrogens with zero attached hydrogens (tertiary/aromatic N) is 1.